The summed E-state index contributed by atoms with van der Waals surface area (Å²) >= 11 is 1.86. The molecule has 0 unspecified atom stereocenters. The predicted molar refractivity (Wildman–Crippen MR) is 593 cm³/mol. The van der Waals surface area contributed by atoms with Crippen LogP contribution in [0.4, 0.5) is 0 Å². The molecule has 0 amide bonds. The minimum atomic E-state index is 0.590. The van der Waals surface area contributed by atoms with Gasteiger partial charge >= 0.3 is 0 Å². The predicted octanol–water partition coefficient (Wildman–Crippen LogP) is 33.4. The Labute approximate surface area is 825 Å². The van der Waals surface area contributed by atoms with E-state index >= 15 is 0 Å². The zero-order valence-electron chi connectivity index (χ0n) is 77.1. The zero-order valence-corrected chi connectivity index (χ0v) is 77.9. The molecule has 668 valence electrons. The highest BCUT2D eigenvalue weighted by molar-refractivity contribution is 7.26. The molecule has 0 fully saturated rings. The standard InChI is InChI=1S/C51H32N4.C45H29N5.C34H21N3S/c1-3-15-33(16-4-1)49-52-50(34-17-5-2-6-18-34)54-51(53-49)37-29-36(30-38(31-37)55-47-25-13-11-23-44(47)45-24-12-14-26-48(45)55)35-27-28-43-41-21-8-7-19-39(41)40-20-9-10-22-42(40)46(43)32-35;1-4-14-30(15-5-1)43-46-44(31-16-6-2-7-17-31)48-45(47-43)50-40-23-13-11-21-36(40)38-29-33(25-27-42(38)50)32-24-26-41-37(28-32)35-20-10-12-22-39(35)49(41)34-18-8-3-9-19-34;1-3-11-22(12-4-1)27-21-28(23-13-5-2-6-14-23)36-34(35-27)37-29-17-9-7-16-26(29)32-30(37)20-19-25-24-15-8-10-18-31(24)38-33(25)32/h1-32H;1-29H;1-21H. The summed E-state index contributed by atoms with van der Waals surface area (Å²) in [6.45, 7) is 0. The third kappa shape index (κ3) is 14.8. The van der Waals surface area contributed by atoms with Crippen molar-refractivity contribution in [1.82, 2.24) is 58.1 Å². The minimum absolute atomic E-state index is 0.590. The number of benzene rings is 21. The number of nitrogens with zero attached hydrogens (tertiary/aromatic N) is 12. The van der Waals surface area contributed by atoms with Crippen molar-refractivity contribution < 1.29 is 0 Å². The second-order valence-corrected chi connectivity index (χ2v) is 37.1. The number of para-hydroxylation sites is 6. The van der Waals surface area contributed by atoms with Gasteiger partial charge in [-0.1, -0.05) is 388 Å². The quantitative estimate of drug-likeness (QED) is 0.105. The smallest absolute Gasteiger partial charge is 0.238 e. The molecule has 8 aromatic heterocycles. The lowest BCUT2D eigenvalue weighted by atomic mass is 9.91. The van der Waals surface area contributed by atoms with Gasteiger partial charge in [0.25, 0.3) is 0 Å². The average Bonchev–Trinajstić information content (AvgIpc) is 1.60. The highest BCUT2D eigenvalue weighted by atomic mass is 32.1. The van der Waals surface area contributed by atoms with E-state index in [-0.39, 0.29) is 0 Å². The number of fused-ring (bicyclic) bond motifs is 22. The summed E-state index contributed by atoms with van der Waals surface area (Å²) in [5, 5.41) is 19.8. The highest BCUT2D eigenvalue weighted by Crippen LogP contribution is 2.47. The van der Waals surface area contributed by atoms with Gasteiger partial charge in [0.05, 0.1) is 55.5 Å². The molecule has 0 aliphatic carbocycles. The highest BCUT2D eigenvalue weighted by Gasteiger charge is 2.26. The number of hydrogen-bond donors (Lipinski definition) is 0. The van der Waals surface area contributed by atoms with Crippen molar-refractivity contribution in [3.8, 4) is 125 Å². The molecule has 21 aromatic carbocycles. The molecule has 0 aliphatic rings. The maximum atomic E-state index is 5.17. The molecule has 12 nitrogen and oxygen atoms in total. The maximum absolute atomic E-state index is 5.17. The Morgan fingerprint density at radius 3 is 0.916 bits per heavy atom. The van der Waals surface area contributed by atoms with Crippen molar-refractivity contribution in [3.63, 3.8) is 0 Å². The normalized spacial score (nSPS) is 11.6. The summed E-state index contributed by atoms with van der Waals surface area (Å²) in [7, 11) is 0. The van der Waals surface area contributed by atoms with Gasteiger partial charge in [0, 0.05) is 114 Å². The Hall–Kier alpha value is -19.1. The fraction of sp³-hybridized carbons (Fsp3) is 0. The fourth-order valence-corrected chi connectivity index (χ4v) is 22.3. The molecule has 0 saturated heterocycles. The Kier molecular flexibility index (Phi) is 20.5. The van der Waals surface area contributed by atoms with E-state index < -0.39 is 0 Å². The van der Waals surface area contributed by atoms with Crippen LogP contribution < -0.4 is 0 Å². The molecule has 0 atom stereocenters. The van der Waals surface area contributed by atoms with Crippen molar-refractivity contribution in [1.29, 1.82) is 0 Å². The first-order valence-corrected chi connectivity index (χ1v) is 48.9. The van der Waals surface area contributed by atoms with Gasteiger partial charge in [-0.05, 0) is 164 Å². The van der Waals surface area contributed by atoms with Crippen LogP contribution >= 0.6 is 11.3 Å². The first-order chi connectivity index (χ1) is 70.9. The van der Waals surface area contributed by atoms with Gasteiger partial charge in [-0.15, -0.1) is 11.3 Å². The molecule has 29 aromatic rings. The molecule has 13 heteroatoms. The van der Waals surface area contributed by atoms with Crippen LogP contribution in [0.25, 0.3) is 265 Å². The molecule has 0 saturated carbocycles. The summed E-state index contributed by atoms with van der Waals surface area (Å²) in [6.07, 6.45) is 0. The molecule has 0 aliphatic heterocycles. The monoisotopic (exact) mass is 1840 g/mol. The SMILES string of the molecule is c1ccc(-c2cc(-c3ccccc3)nc(-n3c4ccccc4c4c5sc6ccccc6c5ccc43)n2)cc1.c1ccc(-c2nc(-c3ccccc3)nc(-c3cc(-c4ccc5c6ccccc6c6ccccc6c5c4)cc(-n4c5ccccc5c5ccccc54)c3)n2)cc1.c1ccc(-c2nc(-c3ccccc3)nc(-n3c4ccccc4c4cc(-c5ccc6c(c5)c5ccccc5n6-c5ccccc5)ccc43)n2)cc1. The molecular weight excluding hydrogens is 1760 g/mol. The van der Waals surface area contributed by atoms with Crippen LogP contribution in [-0.4, -0.2) is 58.1 Å². The van der Waals surface area contributed by atoms with Gasteiger partial charge in [-0.3, -0.25) is 9.13 Å². The fourth-order valence-electron chi connectivity index (χ4n) is 21.0. The average molecular weight is 1840 g/mol. The lowest BCUT2D eigenvalue weighted by Crippen LogP contribution is -2.06. The van der Waals surface area contributed by atoms with Crippen molar-refractivity contribution in [3.05, 3.63) is 497 Å². The van der Waals surface area contributed by atoms with E-state index in [1.54, 1.807) is 0 Å². The largest absolute Gasteiger partial charge is 0.309 e. The van der Waals surface area contributed by atoms with Gasteiger partial charge < -0.3 is 9.13 Å². The zero-order chi connectivity index (χ0) is 94.4. The summed E-state index contributed by atoms with van der Waals surface area (Å²) in [5.41, 5.74) is 24.4. The number of hydrogen-bond acceptors (Lipinski definition) is 9. The van der Waals surface area contributed by atoms with Gasteiger partial charge in [0.15, 0.2) is 29.1 Å². The Bertz CT molecular complexity index is 9780. The maximum Gasteiger partial charge on any atom is 0.238 e. The molecular formula is C130H82N12S. The molecule has 0 N–H and O–H groups in total. The third-order valence-electron chi connectivity index (χ3n) is 27.6. The Balaban J connectivity index is 0.000000109. The summed E-state index contributed by atoms with van der Waals surface area (Å²) in [5.74, 6) is 4.44. The second-order valence-electron chi connectivity index (χ2n) is 36.0. The van der Waals surface area contributed by atoms with Gasteiger partial charge in [0.2, 0.25) is 11.9 Å². The minimum Gasteiger partial charge on any atom is -0.309 e. The van der Waals surface area contributed by atoms with E-state index in [9.17, 15) is 0 Å². The Morgan fingerprint density at radius 1 is 0.147 bits per heavy atom. The first kappa shape index (κ1) is 83.3. The topological polar surface area (TPSA) is 123 Å². The van der Waals surface area contributed by atoms with E-state index in [4.69, 9.17) is 39.9 Å². The summed E-state index contributed by atoms with van der Waals surface area (Å²) in [4.78, 5) is 40.7. The molecule has 29 rings (SSSR count). The van der Waals surface area contributed by atoms with Crippen LogP contribution in [0.5, 0.6) is 0 Å². The van der Waals surface area contributed by atoms with Crippen molar-refractivity contribution >= 4 is 151 Å². The van der Waals surface area contributed by atoms with Crippen LogP contribution in [0.2, 0.25) is 0 Å². The summed E-state index contributed by atoms with van der Waals surface area (Å²) < 4.78 is 11.7. The third-order valence-corrected chi connectivity index (χ3v) is 28.8. The molecule has 0 bridgehead atoms. The van der Waals surface area contributed by atoms with Crippen molar-refractivity contribution in [2.45, 2.75) is 0 Å². The van der Waals surface area contributed by atoms with E-state index in [0.29, 0.717) is 41.0 Å². The number of rotatable bonds is 13. The van der Waals surface area contributed by atoms with Crippen molar-refractivity contribution in [2.24, 2.45) is 0 Å². The molecule has 8 heterocycles. The van der Waals surface area contributed by atoms with E-state index in [1.165, 1.54) is 101 Å². The number of aromatic nitrogens is 12. The van der Waals surface area contributed by atoms with Gasteiger partial charge in [0.1, 0.15) is 0 Å². The first-order valence-electron chi connectivity index (χ1n) is 48.1. The number of thiophene rings is 1. The molecule has 143 heavy (non-hydrogen) atoms. The lowest BCUT2D eigenvalue weighted by molar-refractivity contribution is 0.953. The second kappa shape index (κ2) is 35.2. The lowest BCUT2D eigenvalue weighted by Gasteiger charge is -2.15. The van der Waals surface area contributed by atoms with Gasteiger partial charge in [-0.2, -0.15) is 9.97 Å². The van der Waals surface area contributed by atoms with E-state index in [2.05, 4.69) is 407 Å². The Morgan fingerprint density at radius 2 is 0.441 bits per heavy atom. The van der Waals surface area contributed by atoms with E-state index in [0.717, 1.165) is 122 Å². The van der Waals surface area contributed by atoms with Crippen molar-refractivity contribution in [2.75, 3.05) is 0 Å². The van der Waals surface area contributed by atoms with Crippen LogP contribution in [-0.2, 0) is 0 Å². The van der Waals surface area contributed by atoms with Crippen LogP contribution in [0.1, 0.15) is 0 Å². The molecule has 0 radical (unpaired) electrons. The summed E-state index contributed by atoms with van der Waals surface area (Å²) in [6, 6.07) is 175. The van der Waals surface area contributed by atoms with Gasteiger partial charge in [-0.25, -0.2) is 29.9 Å². The van der Waals surface area contributed by atoms with Crippen LogP contribution in [0.3, 0.4) is 0 Å². The van der Waals surface area contributed by atoms with E-state index in [1.807, 2.05) is 121 Å². The van der Waals surface area contributed by atoms with Crippen LogP contribution in [0, 0.1) is 0 Å². The van der Waals surface area contributed by atoms with Crippen LogP contribution in [0.15, 0.2) is 497 Å². The molecule has 0 spiro atoms.